The molecule has 0 saturated carbocycles. The summed E-state index contributed by atoms with van der Waals surface area (Å²) in [5, 5.41) is 2.90. The number of nitrogens with zero attached hydrogens (tertiary/aromatic N) is 1. The number of anilines is 2. The average Bonchev–Trinajstić information content (AvgIpc) is 2.41. The fraction of sp³-hybridized carbons (Fsp3) is 0.562. The molecule has 0 aliphatic carbocycles. The van der Waals surface area contributed by atoms with Gasteiger partial charge in [0.15, 0.2) is 0 Å². The molecule has 0 bridgehead atoms. The number of carbonyl (C=O) groups excluding carboxylic acids is 1. The zero-order valence-corrected chi connectivity index (χ0v) is 12.3. The fourth-order valence-electron chi connectivity index (χ4n) is 2.74. The van der Waals surface area contributed by atoms with Gasteiger partial charge in [0, 0.05) is 24.3 Å². The molecule has 1 aliphatic rings. The molecule has 1 aromatic rings. The molecule has 0 spiro atoms. The highest BCUT2D eigenvalue weighted by molar-refractivity contribution is 5.90. The molecule has 20 heavy (non-hydrogen) atoms. The smallest absolute Gasteiger partial charge is 0.224 e. The van der Waals surface area contributed by atoms with Crippen molar-refractivity contribution in [2.24, 2.45) is 5.92 Å². The fourth-order valence-corrected chi connectivity index (χ4v) is 2.74. The van der Waals surface area contributed by atoms with Gasteiger partial charge in [0.2, 0.25) is 5.91 Å². The van der Waals surface area contributed by atoms with Crippen LogP contribution >= 0.6 is 0 Å². The zero-order valence-electron chi connectivity index (χ0n) is 12.3. The van der Waals surface area contributed by atoms with Gasteiger partial charge in [-0.2, -0.15) is 0 Å². The van der Waals surface area contributed by atoms with E-state index in [2.05, 4.69) is 17.1 Å². The number of nitrogens with two attached hydrogens (primary N) is 1. The minimum Gasteiger partial charge on any atom is -0.399 e. The number of hydrogen-bond acceptors (Lipinski definition) is 3. The minimum absolute atomic E-state index is 0.0832. The summed E-state index contributed by atoms with van der Waals surface area (Å²) in [6, 6.07) is 7.26. The zero-order chi connectivity index (χ0) is 14.4. The monoisotopic (exact) mass is 275 g/mol. The van der Waals surface area contributed by atoms with Gasteiger partial charge in [0.05, 0.1) is 0 Å². The largest absolute Gasteiger partial charge is 0.399 e. The number of likely N-dealkylation sites (tertiary alicyclic amines) is 1. The molecule has 1 aromatic carbocycles. The molecule has 1 atom stereocenters. The highest BCUT2D eigenvalue weighted by Gasteiger charge is 2.15. The quantitative estimate of drug-likeness (QED) is 0.812. The molecule has 1 aliphatic heterocycles. The van der Waals surface area contributed by atoms with Gasteiger partial charge in [0.1, 0.15) is 0 Å². The van der Waals surface area contributed by atoms with E-state index >= 15 is 0 Å². The Hall–Kier alpha value is -1.55. The topological polar surface area (TPSA) is 58.4 Å². The maximum absolute atomic E-state index is 11.8. The first-order chi connectivity index (χ1) is 9.63. The standard InChI is InChI=1S/C16H25N3O/c1-13-4-2-10-19(12-13)11-3-5-16(20)18-15-8-6-14(17)7-9-15/h6-9,13H,2-5,10-12,17H2,1H3,(H,18,20). The van der Waals surface area contributed by atoms with E-state index in [1.807, 2.05) is 12.1 Å². The second-order valence-corrected chi connectivity index (χ2v) is 5.82. The first-order valence-corrected chi connectivity index (χ1v) is 7.51. The number of rotatable bonds is 5. The van der Waals surface area contributed by atoms with Gasteiger partial charge in [-0.1, -0.05) is 6.92 Å². The summed E-state index contributed by atoms with van der Waals surface area (Å²) >= 11 is 0. The van der Waals surface area contributed by atoms with Gasteiger partial charge in [-0.25, -0.2) is 0 Å². The van der Waals surface area contributed by atoms with Crippen molar-refractivity contribution < 1.29 is 4.79 Å². The molecule has 2 rings (SSSR count). The van der Waals surface area contributed by atoms with Gasteiger partial charge in [-0.05, 0) is 62.5 Å². The molecule has 3 N–H and O–H groups in total. The molecule has 4 heteroatoms. The molecular formula is C16H25N3O. The van der Waals surface area contributed by atoms with Crippen molar-refractivity contribution in [3.8, 4) is 0 Å². The van der Waals surface area contributed by atoms with E-state index in [1.165, 1.54) is 25.9 Å². The lowest BCUT2D eigenvalue weighted by atomic mass is 10.0. The molecular weight excluding hydrogens is 250 g/mol. The van der Waals surface area contributed by atoms with E-state index in [1.54, 1.807) is 12.1 Å². The normalized spacial score (nSPS) is 19.8. The first-order valence-electron chi connectivity index (χ1n) is 7.51. The van der Waals surface area contributed by atoms with Crippen molar-refractivity contribution in [3.05, 3.63) is 24.3 Å². The van der Waals surface area contributed by atoms with Crippen LogP contribution in [-0.2, 0) is 4.79 Å². The molecule has 1 heterocycles. The van der Waals surface area contributed by atoms with Crippen molar-refractivity contribution in [2.75, 3.05) is 30.7 Å². The van der Waals surface area contributed by atoms with Crippen LogP contribution in [0.3, 0.4) is 0 Å². The second kappa shape index (κ2) is 7.29. The van der Waals surface area contributed by atoms with Crippen molar-refractivity contribution in [2.45, 2.75) is 32.6 Å². The average molecular weight is 275 g/mol. The predicted octanol–water partition coefficient (Wildman–Crippen LogP) is 2.72. The molecule has 1 saturated heterocycles. The van der Waals surface area contributed by atoms with Crippen LogP contribution in [0.1, 0.15) is 32.6 Å². The van der Waals surface area contributed by atoms with Crippen LogP contribution in [0.4, 0.5) is 11.4 Å². The van der Waals surface area contributed by atoms with Gasteiger partial charge >= 0.3 is 0 Å². The Morgan fingerprint density at radius 3 is 2.85 bits per heavy atom. The molecule has 0 radical (unpaired) electrons. The van der Waals surface area contributed by atoms with Crippen LogP contribution in [0, 0.1) is 5.92 Å². The highest BCUT2D eigenvalue weighted by atomic mass is 16.1. The van der Waals surface area contributed by atoms with Crippen LogP contribution in [0.5, 0.6) is 0 Å². The molecule has 1 amide bonds. The predicted molar refractivity (Wildman–Crippen MR) is 83.6 cm³/mol. The molecule has 1 unspecified atom stereocenters. The van der Waals surface area contributed by atoms with Crippen molar-refractivity contribution in [1.29, 1.82) is 0 Å². The van der Waals surface area contributed by atoms with Crippen molar-refractivity contribution >= 4 is 17.3 Å². The number of piperidine rings is 1. The van der Waals surface area contributed by atoms with Crippen molar-refractivity contribution in [1.82, 2.24) is 4.90 Å². The Bertz CT molecular complexity index is 430. The highest BCUT2D eigenvalue weighted by Crippen LogP contribution is 2.16. The summed E-state index contributed by atoms with van der Waals surface area (Å²) in [6.07, 6.45) is 4.13. The van der Waals surface area contributed by atoms with E-state index in [-0.39, 0.29) is 5.91 Å². The molecule has 0 aromatic heterocycles. The number of nitrogens with one attached hydrogen (secondary N) is 1. The minimum atomic E-state index is 0.0832. The lowest BCUT2D eigenvalue weighted by Gasteiger charge is -2.30. The van der Waals surface area contributed by atoms with E-state index in [0.717, 1.165) is 24.6 Å². The molecule has 4 nitrogen and oxygen atoms in total. The van der Waals surface area contributed by atoms with Gasteiger partial charge in [0.25, 0.3) is 0 Å². The lowest BCUT2D eigenvalue weighted by molar-refractivity contribution is -0.116. The maximum Gasteiger partial charge on any atom is 0.224 e. The third-order valence-electron chi connectivity index (χ3n) is 3.81. The Morgan fingerprint density at radius 1 is 1.40 bits per heavy atom. The first kappa shape index (κ1) is 14.9. The Kier molecular flexibility index (Phi) is 5.41. The SMILES string of the molecule is CC1CCCN(CCCC(=O)Nc2ccc(N)cc2)C1. The van der Waals surface area contributed by atoms with Crippen LogP contribution < -0.4 is 11.1 Å². The third kappa shape index (κ3) is 4.85. The summed E-state index contributed by atoms with van der Waals surface area (Å²) in [5.74, 6) is 0.882. The van der Waals surface area contributed by atoms with Gasteiger partial charge < -0.3 is 16.0 Å². The van der Waals surface area contributed by atoms with Crippen LogP contribution in [0.15, 0.2) is 24.3 Å². The Labute approximate surface area is 121 Å². The van der Waals surface area contributed by atoms with E-state index < -0.39 is 0 Å². The lowest BCUT2D eigenvalue weighted by Crippen LogP contribution is -2.35. The number of amides is 1. The number of nitrogen functional groups attached to an aromatic ring is 1. The van der Waals surface area contributed by atoms with E-state index in [9.17, 15) is 4.79 Å². The van der Waals surface area contributed by atoms with E-state index in [4.69, 9.17) is 5.73 Å². The van der Waals surface area contributed by atoms with Crippen molar-refractivity contribution in [3.63, 3.8) is 0 Å². The van der Waals surface area contributed by atoms with Gasteiger partial charge in [-0.3, -0.25) is 4.79 Å². The number of hydrogen-bond donors (Lipinski definition) is 2. The summed E-state index contributed by atoms with van der Waals surface area (Å²) in [5.41, 5.74) is 7.14. The van der Waals surface area contributed by atoms with Crippen LogP contribution in [-0.4, -0.2) is 30.4 Å². The summed E-state index contributed by atoms with van der Waals surface area (Å²) in [7, 11) is 0. The van der Waals surface area contributed by atoms with Gasteiger partial charge in [-0.15, -0.1) is 0 Å². The van der Waals surface area contributed by atoms with Crippen LogP contribution in [0.25, 0.3) is 0 Å². The molecule has 110 valence electrons. The molecule has 1 fully saturated rings. The Balaban J connectivity index is 1.66. The summed E-state index contributed by atoms with van der Waals surface area (Å²) < 4.78 is 0. The number of carbonyl (C=O) groups is 1. The summed E-state index contributed by atoms with van der Waals surface area (Å²) in [6.45, 7) is 5.70. The third-order valence-corrected chi connectivity index (χ3v) is 3.81. The maximum atomic E-state index is 11.8. The van der Waals surface area contributed by atoms with Crippen LogP contribution in [0.2, 0.25) is 0 Å². The summed E-state index contributed by atoms with van der Waals surface area (Å²) in [4.78, 5) is 14.3. The second-order valence-electron chi connectivity index (χ2n) is 5.82. The number of benzene rings is 1. The van der Waals surface area contributed by atoms with E-state index in [0.29, 0.717) is 12.1 Å². The Morgan fingerprint density at radius 2 is 2.15 bits per heavy atom.